The Morgan fingerprint density at radius 1 is 1.09 bits per heavy atom. The molecule has 0 bridgehead atoms. The van der Waals surface area contributed by atoms with E-state index in [1.807, 2.05) is 0 Å². The Kier molecular flexibility index (Phi) is 3.96. The molecule has 0 radical (unpaired) electrons. The number of hydrogen-bond donors (Lipinski definition) is 3. The second-order valence-corrected chi connectivity index (χ2v) is 1.50. The first-order valence-corrected chi connectivity index (χ1v) is 2.26. The maximum atomic E-state index is 10.3. The van der Waals surface area contributed by atoms with Crippen LogP contribution in [-0.4, -0.2) is 71.3 Å². The van der Waals surface area contributed by atoms with Crippen molar-refractivity contribution in [2.24, 2.45) is 0 Å². The summed E-state index contributed by atoms with van der Waals surface area (Å²) in [7, 11) is 0. The van der Waals surface area contributed by atoms with Gasteiger partial charge in [0, 0.05) is 0 Å². The van der Waals surface area contributed by atoms with Gasteiger partial charge in [-0.25, -0.2) is 14.4 Å². The minimum absolute atomic E-state index is 0. The Hall–Kier alpha value is -0.154. The van der Waals surface area contributed by atoms with E-state index in [1.54, 1.807) is 9.97 Å². The van der Waals surface area contributed by atoms with E-state index >= 15 is 0 Å². The molecule has 0 aliphatic carbocycles. The molecule has 1 aromatic rings. The van der Waals surface area contributed by atoms with Crippen LogP contribution in [0.3, 0.4) is 0 Å². The Bertz CT molecular complexity index is 366. The van der Waals surface area contributed by atoms with Crippen LogP contribution in [0.5, 0.6) is 0 Å². The molecule has 0 saturated heterocycles. The van der Waals surface area contributed by atoms with E-state index in [2.05, 4.69) is 0 Å². The van der Waals surface area contributed by atoms with Crippen molar-refractivity contribution in [2.75, 3.05) is 0 Å². The standard InChI is InChI=1S/C3H3N3O4.K.H/c7-1-4-2(8)6(10)3(9)5-1;;/h10H,(H2,4,5,7,8,9);;. The first-order valence-electron chi connectivity index (χ1n) is 2.26. The number of H-pyrrole nitrogens is 2. The van der Waals surface area contributed by atoms with Crippen LogP contribution in [0.4, 0.5) is 0 Å². The average Bonchev–Trinajstić information content (AvgIpc) is 1.82. The number of aromatic nitrogens is 3. The Morgan fingerprint density at radius 3 is 1.82 bits per heavy atom. The predicted octanol–water partition coefficient (Wildman–Crippen LogP) is -3.19. The summed E-state index contributed by atoms with van der Waals surface area (Å²) in [5.41, 5.74) is -3.26. The average molecular weight is 185 g/mol. The van der Waals surface area contributed by atoms with Crippen LogP contribution < -0.4 is 17.1 Å². The fourth-order valence-corrected chi connectivity index (χ4v) is 0.424. The molecule has 0 atom stereocenters. The quantitative estimate of drug-likeness (QED) is 0.292. The van der Waals surface area contributed by atoms with Crippen LogP contribution in [-0.2, 0) is 0 Å². The Balaban J connectivity index is 0.000001000. The normalized spacial score (nSPS) is 8.73. The summed E-state index contributed by atoms with van der Waals surface area (Å²) >= 11 is 0. The van der Waals surface area contributed by atoms with Crippen LogP contribution in [0, 0.1) is 0 Å². The van der Waals surface area contributed by atoms with E-state index in [4.69, 9.17) is 5.21 Å². The Morgan fingerprint density at radius 2 is 1.45 bits per heavy atom. The molecule has 1 heterocycles. The van der Waals surface area contributed by atoms with Gasteiger partial charge in [0.05, 0.1) is 0 Å². The minimum atomic E-state index is -1.16. The molecule has 0 spiro atoms. The summed E-state index contributed by atoms with van der Waals surface area (Å²) in [6.45, 7) is 0. The molecular formula is C3H4KN3O4. The van der Waals surface area contributed by atoms with E-state index in [9.17, 15) is 14.4 Å². The molecule has 0 amide bonds. The third-order valence-corrected chi connectivity index (χ3v) is 0.826. The van der Waals surface area contributed by atoms with Crippen molar-refractivity contribution in [1.29, 1.82) is 0 Å². The molecule has 1 rings (SSSR count). The van der Waals surface area contributed by atoms with Crippen LogP contribution in [0.15, 0.2) is 14.4 Å². The van der Waals surface area contributed by atoms with Crippen molar-refractivity contribution in [2.45, 2.75) is 0 Å². The van der Waals surface area contributed by atoms with E-state index in [0.29, 0.717) is 0 Å². The van der Waals surface area contributed by atoms with Crippen molar-refractivity contribution in [3.05, 3.63) is 31.5 Å². The molecule has 11 heavy (non-hydrogen) atoms. The number of aromatic amines is 2. The van der Waals surface area contributed by atoms with Crippen molar-refractivity contribution in [1.82, 2.24) is 14.7 Å². The van der Waals surface area contributed by atoms with Gasteiger partial charge in [-0.3, -0.25) is 9.97 Å². The molecule has 56 valence electrons. The summed E-state index contributed by atoms with van der Waals surface area (Å²) < 4.78 is -0.235. The first-order chi connectivity index (χ1) is 4.61. The number of hydrogen-bond acceptors (Lipinski definition) is 4. The van der Waals surface area contributed by atoms with Gasteiger partial charge in [-0.2, -0.15) is 0 Å². The second kappa shape index (κ2) is 4.02. The number of rotatable bonds is 0. The molecule has 0 unspecified atom stereocenters. The fraction of sp³-hybridized carbons (Fsp3) is 0. The van der Waals surface area contributed by atoms with Crippen molar-refractivity contribution >= 4 is 51.4 Å². The van der Waals surface area contributed by atoms with Crippen LogP contribution in [0.1, 0.15) is 0 Å². The van der Waals surface area contributed by atoms with Crippen LogP contribution in [0.2, 0.25) is 0 Å². The molecule has 0 fully saturated rings. The molecule has 0 saturated carbocycles. The van der Waals surface area contributed by atoms with E-state index < -0.39 is 17.1 Å². The van der Waals surface area contributed by atoms with Gasteiger partial charge in [0.1, 0.15) is 0 Å². The third-order valence-electron chi connectivity index (χ3n) is 0.826. The summed E-state index contributed by atoms with van der Waals surface area (Å²) in [6, 6.07) is 0. The van der Waals surface area contributed by atoms with Crippen molar-refractivity contribution < 1.29 is 5.21 Å². The van der Waals surface area contributed by atoms with Gasteiger partial charge in [0.15, 0.2) is 0 Å². The molecule has 0 aliphatic rings. The topological polar surface area (TPSA) is 108 Å². The van der Waals surface area contributed by atoms with Gasteiger partial charge in [-0.1, -0.05) is 4.73 Å². The van der Waals surface area contributed by atoms with Gasteiger partial charge in [-0.15, -0.1) is 0 Å². The van der Waals surface area contributed by atoms with Crippen LogP contribution in [0.25, 0.3) is 0 Å². The van der Waals surface area contributed by atoms with Gasteiger partial charge in [0.2, 0.25) is 0 Å². The second-order valence-electron chi connectivity index (χ2n) is 1.50. The Labute approximate surface area is 101 Å². The SMILES string of the molecule is O=c1[nH]c(=O)n(O)c(=O)[nH]1.[KH]. The van der Waals surface area contributed by atoms with Crippen LogP contribution >= 0.6 is 0 Å². The van der Waals surface area contributed by atoms with E-state index in [0.717, 1.165) is 0 Å². The van der Waals surface area contributed by atoms with Gasteiger partial charge in [-0.05, 0) is 0 Å². The fourth-order valence-electron chi connectivity index (χ4n) is 0.424. The molecular weight excluding hydrogens is 181 g/mol. The van der Waals surface area contributed by atoms with Crippen molar-refractivity contribution in [3.8, 4) is 0 Å². The van der Waals surface area contributed by atoms with E-state index in [-0.39, 0.29) is 56.1 Å². The molecule has 7 nitrogen and oxygen atoms in total. The maximum absolute atomic E-state index is 10.3. The zero-order valence-corrected chi connectivity index (χ0v) is 4.62. The predicted molar refractivity (Wildman–Crippen MR) is 36.3 cm³/mol. The third kappa shape index (κ3) is 2.41. The summed E-state index contributed by atoms with van der Waals surface area (Å²) in [6.07, 6.45) is 0. The molecule has 8 heteroatoms. The summed E-state index contributed by atoms with van der Waals surface area (Å²) in [4.78, 5) is 34.1. The van der Waals surface area contributed by atoms with Gasteiger partial charge >= 0.3 is 68.5 Å². The molecule has 1 aromatic heterocycles. The molecule has 0 aromatic carbocycles. The zero-order chi connectivity index (χ0) is 7.72. The zero-order valence-electron chi connectivity index (χ0n) is 4.62. The molecule has 3 N–H and O–H groups in total. The first kappa shape index (κ1) is 10.8. The molecule has 0 aliphatic heterocycles. The van der Waals surface area contributed by atoms with Crippen molar-refractivity contribution in [3.63, 3.8) is 0 Å². The number of nitrogens with one attached hydrogen (secondary N) is 2. The van der Waals surface area contributed by atoms with Gasteiger partial charge in [0.25, 0.3) is 0 Å². The van der Waals surface area contributed by atoms with E-state index in [1.165, 1.54) is 0 Å². The summed E-state index contributed by atoms with van der Waals surface area (Å²) in [5, 5.41) is 8.42. The van der Waals surface area contributed by atoms with Gasteiger partial charge < -0.3 is 5.21 Å². The monoisotopic (exact) mass is 185 g/mol. The number of nitrogens with zero attached hydrogens (tertiary/aromatic N) is 1. The summed E-state index contributed by atoms with van der Waals surface area (Å²) in [5.74, 6) is 0.